The third-order valence-corrected chi connectivity index (χ3v) is 5.89. The molecule has 0 amide bonds. The highest BCUT2D eigenvalue weighted by Crippen LogP contribution is 2.46. The summed E-state index contributed by atoms with van der Waals surface area (Å²) in [4.78, 5) is 2.47. The summed E-state index contributed by atoms with van der Waals surface area (Å²) in [6.45, 7) is 5.90. The fourth-order valence-electron chi connectivity index (χ4n) is 4.62. The van der Waals surface area contributed by atoms with Gasteiger partial charge in [-0.25, -0.2) is 0 Å². The Balaban J connectivity index is 1.99. The Labute approximate surface area is 162 Å². The van der Waals surface area contributed by atoms with Crippen LogP contribution in [0.3, 0.4) is 0 Å². The van der Waals surface area contributed by atoms with Gasteiger partial charge in [-0.15, -0.1) is 0 Å². The molecule has 5 nitrogen and oxygen atoms in total. The number of hydrogen-bond donors (Lipinski definition) is 2. The van der Waals surface area contributed by atoms with Crippen molar-refractivity contribution >= 4 is 0 Å². The third-order valence-electron chi connectivity index (χ3n) is 5.89. The second kappa shape index (κ2) is 8.10. The lowest BCUT2D eigenvalue weighted by Gasteiger charge is -2.50. The predicted octanol–water partition coefficient (Wildman–Crippen LogP) is 2.40. The number of fused-ring (bicyclic) bond motifs is 3. The van der Waals surface area contributed by atoms with Crippen LogP contribution in [0.5, 0.6) is 11.5 Å². The van der Waals surface area contributed by atoms with Gasteiger partial charge in [-0.2, -0.15) is 0 Å². The van der Waals surface area contributed by atoms with Crippen LogP contribution in [-0.4, -0.2) is 54.6 Å². The molecule has 2 aliphatic heterocycles. The molecular weight excluding hydrogens is 342 g/mol. The van der Waals surface area contributed by atoms with E-state index in [0.29, 0.717) is 18.1 Å². The van der Waals surface area contributed by atoms with E-state index in [0.717, 1.165) is 31.7 Å². The zero-order chi connectivity index (χ0) is 19.6. The largest absolute Gasteiger partial charge is 0.493 e. The smallest absolute Gasteiger partial charge is 0.161 e. The molecule has 0 aliphatic carbocycles. The Kier molecular flexibility index (Phi) is 6.00. The van der Waals surface area contributed by atoms with Gasteiger partial charge in [0.1, 0.15) is 12.2 Å². The minimum absolute atomic E-state index is 0.0782. The van der Waals surface area contributed by atoms with Gasteiger partial charge in [-0.1, -0.05) is 25.7 Å². The molecule has 5 heteroatoms. The number of nitrogens with zero attached hydrogens (tertiary/aromatic N) is 1. The van der Waals surface area contributed by atoms with E-state index < -0.39 is 5.60 Å². The van der Waals surface area contributed by atoms with Crippen LogP contribution >= 0.6 is 0 Å². The predicted molar refractivity (Wildman–Crippen MR) is 105 cm³/mol. The quantitative estimate of drug-likeness (QED) is 0.794. The molecule has 3 atom stereocenters. The standard InChI is InChI=1S/C22H31NO4/c1-15(2)10-17-14-23-8-6-16-11-20(26-3)21(27-4)12-18(16)19(23)13-22(17,25)7-5-9-24/h11-12,15,17,19,24-25H,6,8-10,13-14H2,1-4H3/t17?,19?,22-/m1/s1. The molecule has 27 heavy (non-hydrogen) atoms. The van der Waals surface area contributed by atoms with Crippen LogP contribution in [0.25, 0.3) is 0 Å². The molecule has 1 fully saturated rings. The van der Waals surface area contributed by atoms with Gasteiger partial charge in [0.05, 0.1) is 14.2 Å². The van der Waals surface area contributed by atoms with Gasteiger partial charge >= 0.3 is 0 Å². The van der Waals surface area contributed by atoms with Crippen LogP contribution in [0, 0.1) is 23.7 Å². The Morgan fingerprint density at radius 2 is 1.96 bits per heavy atom. The number of ether oxygens (including phenoxy) is 2. The minimum atomic E-state index is -1.09. The van der Waals surface area contributed by atoms with Gasteiger partial charge in [0.25, 0.3) is 0 Å². The molecule has 1 saturated heterocycles. The number of hydrogen-bond acceptors (Lipinski definition) is 5. The van der Waals surface area contributed by atoms with E-state index in [1.165, 1.54) is 11.1 Å². The average Bonchev–Trinajstić information content (AvgIpc) is 2.65. The second-order valence-electron chi connectivity index (χ2n) is 8.08. The first-order valence-electron chi connectivity index (χ1n) is 9.74. The van der Waals surface area contributed by atoms with E-state index in [1.807, 2.05) is 6.07 Å². The second-order valence-corrected chi connectivity index (χ2v) is 8.08. The molecule has 3 rings (SSSR count). The van der Waals surface area contributed by atoms with E-state index in [2.05, 4.69) is 36.7 Å². The van der Waals surface area contributed by atoms with E-state index in [1.54, 1.807) is 14.2 Å². The van der Waals surface area contributed by atoms with Gasteiger partial charge < -0.3 is 19.7 Å². The molecule has 0 bridgehead atoms. The first-order chi connectivity index (χ1) is 12.9. The average molecular weight is 373 g/mol. The lowest BCUT2D eigenvalue weighted by Crippen LogP contribution is -2.54. The molecule has 2 unspecified atom stereocenters. The van der Waals surface area contributed by atoms with Gasteiger partial charge in [0.2, 0.25) is 0 Å². The summed E-state index contributed by atoms with van der Waals surface area (Å²) in [7, 11) is 3.30. The normalized spacial score (nSPS) is 27.4. The van der Waals surface area contributed by atoms with Crippen LogP contribution in [0.1, 0.15) is 43.9 Å². The Morgan fingerprint density at radius 3 is 2.59 bits per heavy atom. The molecule has 2 aliphatic rings. The number of rotatable bonds is 4. The molecule has 2 heterocycles. The Morgan fingerprint density at radius 1 is 1.26 bits per heavy atom. The lowest BCUT2D eigenvalue weighted by atomic mass is 9.71. The van der Waals surface area contributed by atoms with Crippen molar-refractivity contribution in [3.63, 3.8) is 0 Å². The number of piperidine rings is 1. The van der Waals surface area contributed by atoms with Crippen molar-refractivity contribution in [2.75, 3.05) is 33.9 Å². The molecule has 1 aromatic carbocycles. The number of aliphatic hydroxyl groups is 2. The maximum absolute atomic E-state index is 11.4. The highest BCUT2D eigenvalue weighted by molar-refractivity contribution is 5.50. The number of aliphatic hydroxyl groups excluding tert-OH is 1. The van der Waals surface area contributed by atoms with Crippen LogP contribution in [-0.2, 0) is 6.42 Å². The van der Waals surface area contributed by atoms with Crippen molar-refractivity contribution in [1.29, 1.82) is 0 Å². The van der Waals surface area contributed by atoms with Crippen molar-refractivity contribution in [3.8, 4) is 23.3 Å². The topological polar surface area (TPSA) is 62.2 Å². The molecular formula is C22H31NO4. The van der Waals surface area contributed by atoms with Gasteiger partial charge in [0, 0.05) is 31.5 Å². The highest BCUT2D eigenvalue weighted by atomic mass is 16.5. The van der Waals surface area contributed by atoms with Crippen molar-refractivity contribution in [3.05, 3.63) is 23.3 Å². The summed E-state index contributed by atoms with van der Waals surface area (Å²) in [5.74, 6) is 7.72. The molecule has 2 N–H and O–H groups in total. The SMILES string of the molecule is COc1cc2c(cc1OC)C1C[C@](O)(C#CCO)C(CC(C)C)CN1CC2. The fourth-order valence-corrected chi connectivity index (χ4v) is 4.62. The molecule has 0 aromatic heterocycles. The molecule has 1 aromatic rings. The molecule has 148 valence electrons. The zero-order valence-electron chi connectivity index (χ0n) is 16.8. The van der Waals surface area contributed by atoms with Crippen molar-refractivity contribution in [1.82, 2.24) is 4.90 Å². The highest BCUT2D eigenvalue weighted by Gasteiger charge is 2.47. The summed E-state index contributed by atoms with van der Waals surface area (Å²) >= 11 is 0. The maximum atomic E-state index is 11.4. The fraction of sp³-hybridized carbons (Fsp3) is 0.636. The van der Waals surface area contributed by atoms with E-state index in [-0.39, 0.29) is 18.6 Å². The summed E-state index contributed by atoms with van der Waals surface area (Å²) in [6.07, 6.45) is 2.42. The summed E-state index contributed by atoms with van der Waals surface area (Å²) in [5.41, 5.74) is 1.34. The number of benzene rings is 1. The van der Waals surface area contributed by atoms with Crippen LogP contribution in [0.15, 0.2) is 12.1 Å². The third kappa shape index (κ3) is 3.94. The first kappa shape index (κ1) is 20.0. The lowest BCUT2D eigenvalue weighted by molar-refractivity contribution is -0.0649. The van der Waals surface area contributed by atoms with Gasteiger partial charge in [-0.05, 0) is 42.0 Å². The summed E-state index contributed by atoms with van der Waals surface area (Å²) in [6, 6.07) is 4.20. The van der Waals surface area contributed by atoms with Crippen LogP contribution in [0.2, 0.25) is 0 Å². The van der Waals surface area contributed by atoms with Crippen molar-refractivity contribution < 1.29 is 19.7 Å². The monoisotopic (exact) mass is 373 g/mol. The van der Waals surface area contributed by atoms with Crippen molar-refractivity contribution in [2.45, 2.75) is 44.8 Å². The molecule has 0 spiro atoms. The first-order valence-corrected chi connectivity index (χ1v) is 9.74. The Hall–Kier alpha value is -1.74. The van der Waals surface area contributed by atoms with Crippen molar-refractivity contribution in [2.24, 2.45) is 11.8 Å². The maximum Gasteiger partial charge on any atom is 0.161 e. The number of methoxy groups -OCH3 is 2. The van der Waals surface area contributed by atoms with Gasteiger partial charge in [0.15, 0.2) is 11.5 Å². The molecule has 0 saturated carbocycles. The van der Waals surface area contributed by atoms with E-state index in [9.17, 15) is 10.2 Å². The van der Waals surface area contributed by atoms with Crippen LogP contribution < -0.4 is 9.47 Å². The minimum Gasteiger partial charge on any atom is -0.493 e. The van der Waals surface area contributed by atoms with E-state index >= 15 is 0 Å². The summed E-state index contributed by atoms with van der Waals surface area (Å²) in [5, 5.41) is 20.6. The summed E-state index contributed by atoms with van der Waals surface area (Å²) < 4.78 is 11.0. The van der Waals surface area contributed by atoms with E-state index in [4.69, 9.17) is 9.47 Å². The van der Waals surface area contributed by atoms with Gasteiger partial charge in [-0.3, -0.25) is 4.90 Å². The molecule has 0 radical (unpaired) electrons. The van der Waals surface area contributed by atoms with Crippen LogP contribution in [0.4, 0.5) is 0 Å². The Bertz CT molecular complexity index is 736. The zero-order valence-corrected chi connectivity index (χ0v) is 16.8.